The molecule has 1 unspecified atom stereocenters. The third kappa shape index (κ3) is 3.00. The summed E-state index contributed by atoms with van der Waals surface area (Å²) >= 11 is 3.36. The average molecular weight is 362 g/mol. The second kappa shape index (κ2) is 6.01. The molecule has 112 valence electrons. The van der Waals surface area contributed by atoms with Crippen molar-refractivity contribution in [2.45, 2.75) is 17.9 Å². The van der Waals surface area contributed by atoms with Gasteiger partial charge in [0.1, 0.15) is 0 Å². The number of sulfonamides is 1. The van der Waals surface area contributed by atoms with Crippen LogP contribution in [0.25, 0.3) is 0 Å². The monoisotopic (exact) mass is 361 g/mol. The molecule has 1 aliphatic heterocycles. The van der Waals surface area contributed by atoms with Crippen LogP contribution in [-0.4, -0.2) is 52.5 Å². The van der Waals surface area contributed by atoms with E-state index in [1.165, 1.54) is 0 Å². The molecular weight excluding hydrogens is 342 g/mol. The fourth-order valence-electron chi connectivity index (χ4n) is 2.27. The molecule has 0 bridgehead atoms. The van der Waals surface area contributed by atoms with E-state index in [2.05, 4.69) is 21.2 Å². The van der Waals surface area contributed by atoms with Gasteiger partial charge < -0.3 is 10.2 Å². The maximum Gasteiger partial charge on any atom is 0.244 e. The summed E-state index contributed by atoms with van der Waals surface area (Å²) in [6.45, 7) is 3.80. The molecule has 1 saturated heterocycles. The summed E-state index contributed by atoms with van der Waals surface area (Å²) in [5, 5.41) is 3.21. The van der Waals surface area contributed by atoms with Crippen molar-refractivity contribution < 1.29 is 8.42 Å². The van der Waals surface area contributed by atoms with Gasteiger partial charge in [0, 0.05) is 49.9 Å². The van der Waals surface area contributed by atoms with Crippen LogP contribution in [-0.2, 0) is 10.0 Å². The van der Waals surface area contributed by atoms with Gasteiger partial charge in [0.15, 0.2) is 0 Å². The Kier molecular flexibility index (Phi) is 4.73. The van der Waals surface area contributed by atoms with E-state index >= 15 is 0 Å². The first-order chi connectivity index (χ1) is 9.34. The first kappa shape index (κ1) is 15.8. The number of rotatable bonds is 3. The van der Waals surface area contributed by atoms with Gasteiger partial charge in [-0.05, 0) is 41.1 Å². The summed E-state index contributed by atoms with van der Waals surface area (Å²) in [6, 6.07) is 5.36. The molecule has 0 aromatic heterocycles. The number of piperazine rings is 1. The fourth-order valence-corrected chi connectivity index (χ4v) is 4.85. The lowest BCUT2D eigenvalue weighted by Gasteiger charge is -2.33. The van der Waals surface area contributed by atoms with Crippen LogP contribution in [0.5, 0.6) is 0 Å². The van der Waals surface area contributed by atoms with Gasteiger partial charge in [0.05, 0.1) is 4.90 Å². The lowest BCUT2D eigenvalue weighted by Crippen LogP contribution is -2.52. The molecule has 2 rings (SSSR count). The summed E-state index contributed by atoms with van der Waals surface area (Å²) in [7, 11) is 0.314. The molecule has 0 saturated carbocycles. The molecule has 1 fully saturated rings. The summed E-state index contributed by atoms with van der Waals surface area (Å²) in [5.74, 6) is 0. The van der Waals surface area contributed by atoms with Gasteiger partial charge in [-0.25, -0.2) is 8.42 Å². The smallest absolute Gasteiger partial charge is 0.244 e. The molecule has 1 aliphatic rings. The van der Waals surface area contributed by atoms with Crippen molar-refractivity contribution in [1.29, 1.82) is 0 Å². The van der Waals surface area contributed by atoms with Gasteiger partial charge in [-0.15, -0.1) is 0 Å². The highest BCUT2D eigenvalue weighted by Gasteiger charge is 2.32. The van der Waals surface area contributed by atoms with Crippen LogP contribution in [0.1, 0.15) is 6.92 Å². The molecule has 0 spiro atoms. The maximum absolute atomic E-state index is 12.8. The zero-order valence-corrected chi connectivity index (χ0v) is 14.3. The maximum atomic E-state index is 12.8. The molecule has 7 heteroatoms. The predicted molar refractivity (Wildman–Crippen MR) is 84.7 cm³/mol. The molecule has 0 amide bonds. The van der Waals surface area contributed by atoms with E-state index in [0.29, 0.717) is 29.0 Å². The predicted octanol–water partition coefficient (Wildman–Crippen LogP) is 1.50. The Bertz CT molecular complexity index is 589. The highest BCUT2D eigenvalue weighted by Crippen LogP contribution is 2.30. The Morgan fingerprint density at radius 1 is 1.40 bits per heavy atom. The van der Waals surface area contributed by atoms with E-state index in [4.69, 9.17) is 0 Å². The van der Waals surface area contributed by atoms with E-state index < -0.39 is 10.0 Å². The molecule has 0 aliphatic carbocycles. The van der Waals surface area contributed by atoms with E-state index in [1.54, 1.807) is 16.4 Å². The molecule has 1 heterocycles. The van der Waals surface area contributed by atoms with Crippen LogP contribution >= 0.6 is 15.9 Å². The summed E-state index contributed by atoms with van der Waals surface area (Å²) in [6.07, 6.45) is 0. The van der Waals surface area contributed by atoms with Crippen LogP contribution in [0, 0.1) is 0 Å². The highest BCUT2D eigenvalue weighted by atomic mass is 79.9. The van der Waals surface area contributed by atoms with Gasteiger partial charge in [-0.2, -0.15) is 4.31 Å². The summed E-state index contributed by atoms with van der Waals surface area (Å²) in [5.41, 5.74) is 0.870. The lowest BCUT2D eigenvalue weighted by atomic mass is 10.3. The third-order valence-corrected chi connectivity index (χ3v) is 6.47. The number of nitrogens with one attached hydrogen (secondary N) is 1. The summed E-state index contributed by atoms with van der Waals surface area (Å²) in [4.78, 5) is 2.23. The Morgan fingerprint density at radius 3 is 2.70 bits per heavy atom. The van der Waals surface area contributed by atoms with Crippen molar-refractivity contribution in [3.05, 3.63) is 22.7 Å². The first-order valence-electron chi connectivity index (χ1n) is 6.53. The molecular formula is C13H20BrN3O2S. The standard InChI is InChI=1S/C13H20BrN3O2S/c1-10-9-15-6-7-17(10)20(18,19)13-8-11(16(2)3)4-5-12(13)14/h4-5,8,10,15H,6-7,9H2,1-3H3. The number of hydrogen-bond donors (Lipinski definition) is 1. The van der Waals surface area contributed by atoms with Crippen molar-refractivity contribution in [1.82, 2.24) is 9.62 Å². The number of benzene rings is 1. The lowest BCUT2D eigenvalue weighted by molar-refractivity contribution is 0.283. The minimum Gasteiger partial charge on any atom is -0.378 e. The van der Waals surface area contributed by atoms with Crippen molar-refractivity contribution in [3.8, 4) is 0 Å². The minimum atomic E-state index is -3.48. The van der Waals surface area contributed by atoms with Gasteiger partial charge in [0.25, 0.3) is 0 Å². The van der Waals surface area contributed by atoms with Crippen LogP contribution < -0.4 is 10.2 Å². The van der Waals surface area contributed by atoms with Gasteiger partial charge in [-0.1, -0.05) is 0 Å². The Balaban J connectivity index is 2.45. The fraction of sp³-hybridized carbons (Fsp3) is 0.538. The highest BCUT2D eigenvalue weighted by molar-refractivity contribution is 9.10. The number of anilines is 1. The molecule has 1 N–H and O–H groups in total. The van der Waals surface area contributed by atoms with Gasteiger partial charge in [-0.3, -0.25) is 0 Å². The van der Waals surface area contributed by atoms with E-state index in [-0.39, 0.29) is 6.04 Å². The van der Waals surface area contributed by atoms with Crippen LogP contribution in [0.4, 0.5) is 5.69 Å². The van der Waals surface area contributed by atoms with Gasteiger partial charge >= 0.3 is 0 Å². The zero-order chi connectivity index (χ0) is 14.9. The minimum absolute atomic E-state index is 0.0383. The number of nitrogens with zero attached hydrogens (tertiary/aromatic N) is 2. The topological polar surface area (TPSA) is 52.7 Å². The largest absolute Gasteiger partial charge is 0.378 e. The second-order valence-electron chi connectivity index (χ2n) is 5.18. The third-order valence-electron chi connectivity index (χ3n) is 3.46. The van der Waals surface area contributed by atoms with E-state index in [1.807, 2.05) is 32.0 Å². The Labute approximate surface area is 129 Å². The molecule has 1 atom stereocenters. The SMILES string of the molecule is CC1CNCCN1S(=O)(=O)c1cc(N(C)C)ccc1Br. The van der Waals surface area contributed by atoms with E-state index in [9.17, 15) is 8.42 Å². The van der Waals surface area contributed by atoms with Crippen LogP contribution in [0.3, 0.4) is 0 Å². The van der Waals surface area contributed by atoms with Crippen molar-refractivity contribution >= 4 is 31.6 Å². The molecule has 20 heavy (non-hydrogen) atoms. The van der Waals surface area contributed by atoms with Crippen LogP contribution in [0.15, 0.2) is 27.6 Å². The molecule has 5 nitrogen and oxygen atoms in total. The second-order valence-corrected chi connectivity index (χ2v) is 7.89. The number of hydrogen-bond acceptors (Lipinski definition) is 4. The quantitative estimate of drug-likeness (QED) is 0.886. The number of halogens is 1. The van der Waals surface area contributed by atoms with Crippen molar-refractivity contribution in [2.75, 3.05) is 38.6 Å². The van der Waals surface area contributed by atoms with Crippen molar-refractivity contribution in [3.63, 3.8) is 0 Å². The van der Waals surface area contributed by atoms with Crippen molar-refractivity contribution in [2.24, 2.45) is 0 Å². The Hall–Kier alpha value is -0.630. The zero-order valence-electron chi connectivity index (χ0n) is 11.9. The van der Waals surface area contributed by atoms with Gasteiger partial charge in [0.2, 0.25) is 10.0 Å². The molecule has 1 aromatic carbocycles. The van der Waals surface area contributed by atoms with Crippen LogP contribution in [0.2, 0.25) is 0 Å². The first-order valence-corrected chi connectivity index (χ1v) is 8.77. The summed E-state index contributed by atoms with van der Waals surface area (Å²) < 4.78 is 27.9. The normalized spacial score (nSPS) is 20.9. The Morgan fingerprint density at radius 2 is 2.10 bits per heavy atom. The average Bonchev–Trinajstić information content (AvgIpc) is 2.39. The molecule has 1 aromatic rings. The molecule has 0 radical (unpaired) electrons. The van der Waals surface area contributed by atoms with E-state index in [0.717, 1.165) is 5.69 Å².